The van der Waals surface area contributed by atoms with Gasteiger partial charge in [0.2, 0.25) is 0 Å². The molecule has 0 aliphatic carbocycles. The molecule has 80 valence electrons. The van der Waals surface area contributed by atoms with Gasteiger partial charge >= 0.3 is 0 Å². The third kappa shape index (κ3) is 3.14. The number of rotatable bonds is 4. The Balaban J connectivity index is 2.73. The van der Waals surface area contributed by atoms with Crippen molar-refractivity contribution in [2.45, 2.75) is 19.4 Å². The highest BCUT2D eigenvalue weighted by atomic mass is 16.6. The molecule has 0 aromatic heterocycles. The molecule has 1 unspecified atom stereocenters. The van der Waals surface area contributed by atoms with Crippen LogP contribution in [0, 0.1) is 10.1 Å². The summed E-state index contributed by atoms with van der Waals surface area (Å²) in [6.45, 7) is 1.40. The number of aliphatic hydroxyl groups excluding tert-OH is 1. The number of aliphatic hydroxyl groups is 1. The third-order valence-electron chi connectivity index (χ3n) is 1.99. The topological polar surface area (TPSA) is 80.4 Å². The van der Waals surface area contributed by atoms with Gasteiger partial charge in [0.05, 0.1) is 4.92 Å². The van der Waals surface area contributed by atoms with Crippen LogP contribution in [-0.4, -0.2) is 21.9 Å². The number of hydrogen-bond donors (Lipinski definition) is 1. The monoisotopic (exact) mass is 209 g/mol. The van der Waals surface area contributed by atoms with Crippen molar-refractivity contribution in [1.82, 2.24) is 0 Å². The van der Waals surface area contributed by atoms with Crippen LogP contribution in [0.1, 0.15) is 12.5 Å². The normalized spacial score (nSPS) is 12.1. The van der Waals surface area contributed by atoms with Gasteiger partial charge in [-0.25, -0.2) is 0 Å². The van der Waals surface area contributed by atoms with E-state index in [0.29, 0.717) is 5.56 Å². The quantitative estimate of drug-likeness (QED) is 0.594. The minimum Gasteiger partial charge on any atom is -0.386 e. The number of nitrogens with zero attached hydrogens (tertiary/aromatic N) is 1. The van der Waals surface area contributed by atoms with Gasteiger partial charge in [-0.3, -0.25) is 14.9 Å². The van der Waals surface area contributed by atoms with Gasteiger partial charge in [-0.2, -0.15) is 0 Å². The van der Waals surface area contributed by atoms with Crippen LogP contribution in [0.4, 0.5) is 5.69 Å². The Labute approximate surface area is 86.5 Å². The molecule has 0 amide bonds. The molecule has 0 fully saturated rings. The molecular weight excluding hydrogens is 198 g/mol. The number of carbonyl (C=O) groups excluding carboxylic acids is 1. The zero-order valence-corrected chi connectivity index (χ0v) is 8.21. The van der Waals surface area contributed by atoms with E-state index < -0.39 is 11.0 Å². The summed E-state index contributed by atoms with van der Waals surface area (Å²) in [6.07, 6.45) is -0.907. The fourth-order valence-electron chi connectivity index (χ4n) is 1.08. The highest BCUT2D eigenvalue weighted by Crippen LogP contribution is 2.12. The van der Waals surface area contributed by atoms with Crippen LogP contribution in [0.5, 0.6) is 0 Å². The summed E-state index contributed by atoms with van der Waals surface area (Å²) in [6, 6.07) is 5.70. The van der Waals surface area contributed by atoms with E-state index >= 15 is 0 Å². The second-order valence-electron chi connectivity index (χ2n) is 3.24. The van der Waals surface area contributed by atoms with Gasteiger partial charge in [-0.1, -0.05) is 12.1 Å². The molecule has 5 heteroatoms. The van der Waals surface area contributed by atoms with Crippen molar-refractivity contribution >= 4 is 11.5 Å². The maximum absolute atomic E-state index is 11.1. The summed E-state index contributed by atoms with van der Waals surface area (Å²) in [5.41, 5.74) is 0.648. The predicted molar refractivity (Wildman–Crippen MR) is 53.5 cm³/mol. The lowest BCUT2D eigenvalue weighted by Gasteiger charge is -2.02. The molecule has 1 atom stereocenters. The van der Waals surface area contributed by atoms with Crippen LogP contribution in [-0.2, 0) is 11.2 Å². The minimum atomic E-state index is -1.000. The van der Waals surface area contributed by atoms with Crippen molar-refractivity contribution in [3.8, 4) is 0 Å². The average Bonchev–Trinajstić information content (AvgIpc) is 2.18. The number of Topliss-reactive ketones (excluding diaryl/α,β-unsaturated/α-hetero) is 1. The standard InChI is InChI=1S/C10H11NO4/c1-7(12)10(13)6-8-2-4-9(5-3-8)11(14)15/h2-5,7,12H,6H2,1H3. The van der Waals surface area contributed by atoms with Gasteiger partial charge in [0.15, 0.2) is 5.78 Å². The first kappa shape index (κ1) is 11.3. The summed E-state index contributed by atoms with van der Waals surface area (Å²) >= 11 is 0. The number of benzene rings is 1. The van der Waals surface area contributed by atoms with Crippen molar-refractivity contribution in [2.24, 2.45) is 0 Å². The largest absolute Gasteiger partial charge is 0.386 e. The van der Waals surface area contributed by atoms with Crippen molar-refractivity contribution in [3.63, 3.8) is 0 Å². The van der Waals surface area contributed by atoms with Crippen LogP contribution in [0.15, 0.2) is 24.3 Å². The number of nitro benzene ring substituents is 1. The maximum Gasteiger partial charge on any atom is 0.269 e. The van der Waals surface area contributed by atoms with E-state index in [0.717, 1.165) is 0 Å². The maximum atomic E-state index is 11.1. The fraction of sp³-hybridized carbons (Fsp3) is 0.300. The van der Waals surface area contributed by atoms with Crippen LogP contribution < -0.4 is 0 Å². The van der Waals surface area contributed by atoms with E-state index in [9.17, 15) is 14.9 Å². The summed E-state index contributed by atoms with van der Waals surface area (Å²) < 4.78 is 0. The Morgan fingerprint density at radius 2 is 2.00 bits per heavy atom. The first-order valence-electron chi connectivity index (χ1n) is 4.45. The summed E-state index contributed by atoms with van der Waals surface area (Å²) in [5, 5.41) is 19.3. The van der Waals surface area contributed by atoms with E-state index in [1.807, 2.05) is 0 Å². The number of carbonyl (C=O) groups is 1. The minimum absolute atomic E-state index is 0.0109. The number of ketones is 1. The van der Waals surface area contributed by atoms with Gasteiger partial charge in [-0.05, 0) is 12.5 Å². The molecule has 0 saturated heterocycles. The highest BCUT2D eigenvalue weighted by molar-refractivity contribution is 5.84. The summed E-state index contributed by atoms with van der Waals surface area (Å²) in [5.74, 6) is -0.302. The molecule has 0 heterocycles. The second kappa shape index (κ2) is 4.65. The predicted octanol–water partition coefficient (Wildman–Crippen LogP) is 1.09. The lowest BCUT2D eigenvalue weighted by atomic mass is 10.1. The fourth-order valence-corrected chi connectivity index (χ4v) is 1.08. The Kier molecular flexibility index (Phi) is 3.51. The zero-order valence-electron chi connectivity index (χ0n) is 8.21. The lowest BCUT2D eigenvalue weighted by molar-refractivity contribution is -0.384. The molecule has 0 aliphatic heterocycles. The van der Waals surface area contributed by atoms with Crippen molar-refractivity contribution < 1.29 is 14.8 Å². The van der Waals surface area contributed by atoms with Crippen LogP contribution in [0.3, 0.4) is 0 Å². The lowest BCUT2D eigenvalue weighted by Crippen LogP contribution is -2.18. The molecule has 1 N–H and O–H groups in total. The van der Waals surface area contributed by atoms with Gasteiger partial charge < -0.3 is 5.11 Å². The zero-order chi connectivity index (χ0) is 11.4. The first-order valence-corrected chi connectivity index (χ1v) is 4.45. The van der Waals surface area contributed by atoms with E-state index in [2.05, 4.69) is 0 Å². The Bertz CT molecular complexity index is 370. The van der Waals surface area contributed by atoms with Crippen molar-refractivity contribution in [3.05, 3.63) is 39.9 Å². The molecule has 0 spiro atoms. The number of nitro groups is 1. The molecule has 0 saturated carbocycles. The molecule has 5 nitrogen and oxygen atoms in total. The Morgan fingerprint density at radius 3 is 2.40 bits per heavy atom. The second-order valence-corrected chi connectivity index (χ2v) is 3.24. The summed E-state index contributed by atoms with van der Waals surface area (Å²) in [4.78, 5) is 21.0. The van der Waals surface area contributed by atoms with Crippen molar-refractivity contribution in [1.29, 1.82) is 0 Å². The van der Waals surface area contributed by atoms with Gasteiger partial charge in [0.25, 0.3) is 5.69 Å². The summed E-state index contributed by atoms with van der Waals surface area (Å²) in [7, 11) is 0. The number of hydrogen-bond acceptors (Lipinski definition) is 4. The van der Waals surface area contributed by atoms with Gasteiger partial charge in [0.1, 0.15) is 6.10 Å². The Hall–Kier alpha value is -1.75. The molecule has 0 bridgehead atoms. The average molecular weight is 209 g/mol. The molecule has 0 radical (unpaired) electrons. The smallest absolute Gasteiger partial charge is 0.269 e. The number of non-ortho nitro benzene ring substituents is 1. The molecule has 0 aliphatic rings. The third-order valence-corrected chi connectivity index (χ3v) is 1.99. The highest BCUT2D eigenvalue weighted by Gasteiger charge is 2.11. The van der Waals surface area contributed by atoms with Crippen LogP contribution in [0.2, 0.25) is 0 Å². The van der Waals surface area contributed by atoms with E-state index in [4.69, 9.17) is 5.11 Å². The van der Waals surface area contributed by atoms with Crippen LogP contribution in [0.25, 0.3) is 0 Å². The van der Waals surface area contributed by atoms with E-state index in [-0.39, 0.29) is 17.9 Å². The SMILES string of the molecule is CC(O)C(=O)Cc1ccc([N+](=O)[O-])cc1. The molecular formula is C10H11NO4. The molecule has 1 rings (SSSR count). The Morgan fingerprint density at radius 1 is 1.47 bits per heavy atom. The molecule has 1 aromatic carbocycles. The van der Waals surface area contributed by atoms with Crippen molar-refractivity contribution in [2.75, 3.05) is 0 Å². The van der Waals surface area contributed by atoms with E-state index in [1.165, 1.54) is 31.2 Å². The van der Waals surface area contributed by atoms with Crippen LogP contribution >= 0.6 is 0 Å². The van der Waals surface area contributed by atoms with Gasteiger partial charge in [0, 0.05) is 18.6 Å². The van der Waals surface area contributed by atoms with Gasteiger partial charge in [-0.15, -0.1) is 0 Å². The first-order chi connectivity index (χ1) is 7.00. The van der Waals surface area contributed by atoms with E-state index in [1.54, 1.807) is 0 Å². The molecule has 1 aromatic rings. The molecule has 15 heavy (non-hydrogen) atoms.